The van der Waals surface area contributed by atoms with Gasteiger partial charge < -0.3 is 14.8 Å². The Morgan fingerprint density at radius 2 is 2.20 bits per heavy atom. The summed E-state index contributed by atoms with van der Waals surface area (Å²) in [6, 6.07) is 0.333. The molecular weight excluding hydrogens is 256 g/mol. The quantitative estimate of drug-likeness (QED) is 0.892. The molecule has 4 atom stereocenters. The van der Waals surface area contributed by atoms with E-state index >= 15 is 0 Å². The first-order valence-electron chi connectivity index (χ1n) is 7.75. The van der Waals surface area contributed by atoms with Crippen molar-refractivity contribution in [1.29, 1.82) is 0 Å². The van der Waals surface area contributed by atoms with Crippen molar-refractivity contribution in [3.8, 4) is 0 Å². The molecule has 2 saturated heterocycles. The molecule has 0 spiro atoms. The third-order valence-corrected chi connectivity index (χ3v) is 4.67. The van der Waals surface area contributed by atoms with Crippen LogP contribution in [-0.4, -0.2) is 46.7 Å². The van der Waals surface area contributed by atoms with E-state index in [2.05, 4.69) is 21.9 Å². The van der Waals surface area contributed by atoms with Gasteiger partial charge in [-0.25, -0.2) is 4.68 Å². The summed E-state index contributed by atoms with van der Waals surface area (Å²) in [6.07, 6.45) is 5.05. The second-order valence-corrected chi connectivity index (χ2v) is 6.14. The normalized spacial score (nSPS) is 36.9. The van der Waals surface area contributed by atoms with Crippen LogP contribution in [0.15, 0.2) is 0 Å². The number of rotatable bonds is 2. The van der Waals surface area contributed by atoms with Gasteiger partial charge in [-0.3, -0.25) is 0 Å². The minimum absolute atomic E-state index is 0.292. The molecule has 1 N–H and O–H groups in total. The van der Waals surface area contributed by atoms with Gasteiger partial charge in [-0.05, 0) is 32.6 Å². The Kier molecular flexibility index (Phi) is 3.15. The Morgan fingerprint density at radius 1 is 1.25 bits per heavy atom. The van der Waals surface area contributed by atoms with Gasteiger partial charge in [0.1, 0.15) is 0 Å². The highest BCUT2D eigenvalue weighted by Gasteiger charge is 2.36. The van der Waals surface area contributed by atoms with Crippen LogP contribution in [0.3, 0.4) is 0 Å². The SMILES string of the molecule is CC1CCC(C2CCNc3nc(C4CCOC4)nn32)O1. The van der Waals surface area contributed by atoms with Crippen LogP contribution in [0.2, 0.25) is 0 Å². The van der Waals surface area contributed by atoms with E-state index in [-0.39, 0.29) is 0 Å². The first-order chi connectivity index (χ1) is 9.81. The summed E-state index contributed by atoms with van der Waals surface area (Å²) in [7, 11) is 0. The van der Waals surface area contributed by atoms with Crippen molar-refractivity contribution >= 4 is 5.95 Å². The summed E-state index contributed by atoms with van der Waals surface area (Å²) in [4.78, 5) is 4.68. The Bertz CT molecular complexity index is 484. The second kappa shape index (κ2) is 5.00. The van der Waals surface area contributed by atoms with Crippen LogP contribution < -0.4 is 5.32 Å². The summed E-state index contributed by atoms with van der Waals surface area (Å²) in [6.45, 7) is 4.70. The molecule has 1 aromatic heterocycles. The molecular formula is C14H22N4O2. The molecule has 110 valence electrons. The molecule has 3 aliphatic heterocycles. The molecule has 1 aromatic rings. The fraction of sp³-hybridized carbons (Fsp3) is 0.857. The fourth-order valence-corrected chi connectivity index (χ4v) is 3.52. The van der Waals surface area contributed by atoms with Crippen LogP contribution in [0.5, 0.6) is 0 Å². The smallest absolute Gasteiger partial charge is 0.221 e. The molecule has 0 saturated carbocycles. The summed E-state index contributed by atoms with van der Waals surface area (Å²) in [5.41, 5.74) is 0. The Hall–Kier alpha value is -1.14. The van der Waals surface area contributed by atoms with E-state index in [0.29, 0.717) is 24.2 Å². The van der Waals surface area contributed by atoms with E-state index in [1.807, 2.05) is 0 Å². The third kappa shape index (κ3) is 2.11. The number of nitrogens with one attached hydrogen (secondary N) is 1. The lowest BCUT2D eigenvalue weighted by atomic mass is 10.0. The third-order valence-electron chi connectivity index (χ3n) is 4.67. The largest absolute Gasteiger partial charge is 0.381 e. The maximum Gasteiger partial charge on any atom is 0.221 e. The number of hydrogen-bond donors (Lipinski definition) is 1. The maximum atomic E-state index is 6.05. The van der Waals surface area contributed by atoms with Gasteiger partial charge in [0.05, 0.1) is 24.9 Å². The zero-order valence-corrected chi connectivity index (χ0v) is 11.9. The molecule has 0 radical (unpaired) electrons. The van der Waals surface area contributed by atoms with E-state index in [9.17, 15) is 0 Å². The fourth-order valence-electron chi connectivity index (χ4n) is 3.52. The highest BCUT2D eigenvalue weighted by Crippen LogP contribution is 2.35. The molecule has 0 aliphatic carbocycles. The minimum Gasteiger partial charge on any atom is -0.381 e. The lowest BCUT2D eigenvalue weighted by molar-refractivity contribution is 0.0171. The lowest BCUT2D eigenvalue weighted by Gasteiger charge is -2.28. The summed E-state index contributed by atoms with van der Waals surface area (Å²) in [5.74, 6) is 2.20. The van der Waals surface area contributed by atoms with Gasteiger partial charge in [-0.2, -0.15) is 10.1 Å². The summed E-state index contributed by atoms with van der Waals surface area (Å²) in [5, 5.41) is 8.13. The highest BCUT2D eigenvalue weighted by atomic mass is 16.5. The van der Waals surface area contributed by atoms with Crippen LogP contribution >= 0.6 is 0 Å². The van der Waals surface area contributed by atoms with Crippen molar-refractivity contribution in [2.75, 3.05) is 25.1 Å². The Morgan fingerprint density at radius 3 is 2.95 bits per heavy atom. The topological polar surface area (TPSA) is 61.2 Å². The van der Waals surface area contributed by atoms with Crippen molar-refractivity contribution in [1.82, 2.24) is 14.8 Å². The second-order valence-electron chi connectivity index (χ2n) is 6.14. The molecule has 4 heterocycles. The molecule has 3 aliphatic rings. The predicted molar refractivity (Wildman–Crippen MR) is 73.9 cm³/mol. The van der Waals surface area contributed by atoms with Gasteiger partial charge in [0, 0.05) is 19.1 Å². The van der Waals surface area contributed by atoms with Crippen LogP contribution in [0.1, 0.15) is 50.4 Å². The minimum atomic E-state index is 0.292. The monoisotopic (exact) mass is 278 g/mol. The van der Waals surface area contributed by atoms with E-state index in [4.69, 9.17) is 14.6 Å². The number of fused-ring (bicyclic) bond motifs is 1. The summed E-state index contributed by atoms with van der Waals surface area (Å²) < 4.78 is 13.6. The van der Waals surface area contributed by atoms with Gasteiger partial charge in [-0.15, -0.1) is 0 Å². The van der Waals surface area contributed by atoms with Crippen LogP contribution in [0.25, 0.3) is 0 Å². The number of nitrogens with zero attached hydrogens (tertiary/aromatic N) is 3. The molecule has 20 heavy (non-hydrogen) atoms. The van der Waals surface area contributed by atoms with Gasteiger partial charge in [0.15, 0.2) is 5.82 Å². The van der Waals surface area contributed by atoms with Gasteiger partial charge >= 0.3 is 0 Å². The van der Waals surface area contributed by atoms with E-state index < -0.39 is 0 Å². The first kappa shape index (κ1) is 12.6. The van der Waals surface area contributed by atoms with Crippen molar-refractivity contribution in [3.63, 3.8) is 0 Å². The maximum absolute atomic E-state index is 6.05. The number of hydrogen-bond acceptors (Lipinski definition) is 5. The highest BCUT2D eigenvalue weighted by molar-refractivity contribution is 5.29. The van der Waals surface area contributed by atoms with Crippen LogP contribution in [0, 0.1) is 0 Å². The molecule has 0 amide bonds. The molecule has 6 nitrogen and oxygen atoms in total. The lowest BCUT2D eigenvalue weighted by Crippen LogP contribution is -2.32. The van der Waals surface area contributed by atoms with E-state index in [0.717, 1.165) is 57.2 Å². The van der Waals surface area contributed by atoms with E-state index in [1.165, 1.54) is 0 Å². The molecule has 4 rings (SSSR count). The Labute approximate surface area is 118 Å². The molecule has 6 heteroatoms. The molecule has 2 fully saturated rings. The molecule has 0 aromatic carbocycles. The van der Waals surface area contributed by atoms with Crippen molar-refractivity contribution in [3.05, 3.63) is 5.82 Å². The van der Waals surface area contributed by atoms with Gasteiger partial charge in [0.25, 0.3) is 0 Å². The summed E-state index contributed by atoms with van der Waals surface area (Å²) >= 11 is 0. The van der Waals surface area contributed by atoms with Crippen molar-refractivity contribution in [2.24, 2.45) is 0 Å². The van der Waals surface area contributed by atoms with E-state index in [1.54, 1.807) is 0 Å². The molecule has 0 bridgehead atoms. The number of ether oxygens (including phenoxy) is 2. The number of aromatic nitrogens is 3. The van der Waals surface area contributed by atoms with Crippen molar-refractivity contribution in [2.45, 2.75) is 56.8 Å². The standard InChI is InChI=1S/C14H22N4O2/c1-9-2-3-12(20-9)11-4-6-15-14-16-13(17-18(11)14)10-5-7-19-8-10/h9-12H,2-8H2,1H3,(H,15,16,17). The predicted octanol–water partition coefficient (Wildman–Crippen LogP) is 1.71. The van der Waals surface area contributed by atoms with Crippen LogP contribution in [-0.2, 0) is 9.47 Å². The average molecular weight is 278 g/mol. The van der Waals surface area contributed by atoms with Crippen LogP contribution in [0.4, 0.5) is 5.95 Å². The zero-order chi connectivity index (χ0) is 13.5. The van der Waals surface area contributed by atoms with Gasteiger partial charge in [-0.1, -0.05) is 0 Å². The Balaban J connectivity index is 1.59. The van der Waals surface area contributed by atoms with Crippen molar-refractivity contribution < 1.29 is 9.47 Å². The van der Waals surface area contributed by atoms with Gasteiger partial charge in [0.2, 0.25) is 5.95 Å². The number of anilines is 1. The molecule has 4 unspecified atom stereocenters. The first-order valence-corrected chi connectivity index (χ1v) is 7.75. The average Bonchev–Trinajstić information content (AvgIpc) is 3.17. The zero-order valence-electron chi connectivity index (χ0n) is 11.9.